The van der Waals surface area contributed by atoms with E-state index in [1.165, 1.54) is 18.4 Å². The highest BCUT2D eigenvalue weighted by Gasteiger charge is 2.14. The number of carbonyl (C=O) groups is 1. The van der Waals surface area contributed by atoms with E-state index >= 15 is 0 Å². The number of rotatable bonds is 6. The van der Waals surface area contributed by atoms with Crippen LogP contribution in [-0.2, 0) is 20.0 Å². The van der Waals surface area contributed by atoms with E-state index < -0.39 is 0 Å². The Bertz CT molecular complexity index is 1240. The Morgan fingerprint density at radius 1 is 1.00 bits per heavy atom. The van der Waals surface area contributed by atoms with Crippen LogP contribution >= 0.6 is 0 Å². The van der Waals surface area contributed by atoms with Gasteiger partial charge in [-0.3, -0.25) is 14.4 Å². The van der Waals surface area contributed by atoms with Crippen LogP contribution in [0.15, 0.2) is 60.9 Å². The van der Waals surface area contributed by atoms with Crippen molar-refractivity contribution in [3.8, 4) is 11.1 Å². The zero-order valence-corrected chi connectivity index (χ0v) is 17.7. The summed E-state index contributed by atoms with van der Waals surface area (Å²) in [7, 11) is 1.90. The van der Waals surface area contributed by atoms with Crippen LogP contribution in [0.1, 0.15) is 34.5 Å². The number of likely N-dealkylation sites (tertiary alicyclic amines) is 1. The summed E-state index contributed by atoms with van der Waals surface area (Å²) in [6.07, 6.45) is 6.60. The Balaban J connectivity index is 1.35. The van der Waals surface area contributed by atoms with Crippen molar-refractivity contribution in [3.05, 3.63) is 77.7 Å². The number of benzene rings is 2. The van der Waals surface area contributed by atoms with Crippen molar-refractivity contribution in [3.63, 3.8) is 0 Å². The number of carbonyl (C=O) groups excluding carboxylic acids is 1. The third kappa shape index (κ3) is 4.39. The van der Waals surface area contributed by atoms with Gasteiger partial charge in [-0.05, 0) is 61.3 Å². The molecule has 0 atom stereocenters. The molecule has 1 saturated heterocycles. The molecule has 2 aromatic carbocycles. The summed E-state index contributed by atoms with van der Waals surface area (Å²) in [5.74, 6) is 0.0698. The largest absolute Gasteiger partial charge is 0.299 e. The lowest BCUT2D eigenvalue weighted by atomic mass is 10.0. The van der Waals surface area contributed by atoms with Gasteiger partial charge in [-0.1, -0.05) is 24.3 Å². The van der Waals surface area contributed by atoms with Gasteiger partial charge < -0.3 is 0 Å². The van der Waals surface area contributed by atoms with Gasteiger partial charge in [-0.2, -0.15) is 15.3 Å². The van der Waals surface area contributed by atoms with Gasteiger partial charge in [0.2, 0.25) is 0 Å². The van der Waals surface area contributed by atoms with Crippen LogP contribution in [0.5, 0.6) is 0 Å². The van der Waals surface area contributed by atoms with Crippen LogP contribution in [-0.4, -0.2) is 43.8 Å². The first-order chi connectivity index (χ1) is 15.1. The number of aryl methyl sites for hydroxylation is 1. The third-order valence-corrected chi connectivity index (χ3v) is 5.87. The van der Waals surface area contributed by atoms with Crippen LogP contribution in [0.2, 0.25) is 0 Å². The molecule has 0 unspecified atom stereocenters. The van der Waals surface area contributed by atoms with Crippen molar-refractivity contribution < 1.29 is 4.79 Å². The second kappa shape index (κ2) is 8.40. The number of hydrogen-bond acceptors (Lipinski definition) is 5. The van der Waals surface area contributed by atoms with E-state index in [1.807, 2.05) is 55.8 Å². The van der Waals surface area contributed by atoms with E-state index in [1.54, 1.807) is 4.68 Å². The fourth-order valence-electron chi connectivity index (χ4n) is 4.23. The van der Waals surface area contributed by atoms with Crippen molar-refractivity contribution in [2.75, 3.05) is 13.1 Å². The average Bonchev–Trinajstić information content (AvgIpc) is 3.45. The van der Waals surface area contributed by atoms with Crippen LogP contribution in [0.3, 0.4) is 0 Å². The van der Waals surface area contributed by atoms with Crippen LogP contribution in [0, 0.1) is 0 Å². The summed E-state index contributed by atoms with van der Waals surface area (Å²) >= 11 is 0. The van der Waals surface area contributed by atoms with Gasteiger partial charge in [-0.25, -0.2) is 0 Å². The fraction of sp³-hybridized carbons (Fsp3) is 0.280. The van der Waals surface area contributed by atoms with Gasteiger partial charge in [-0.15, -0.1) is 0 Å². The van der Waals surface area contributed by atoms with E-state index in [9.17, 15) is 4.79 Å². The molecule has 6 heteroatoms. The number of ketones is 1. The molecule has 31 heavy (non-hydrogen) atoms. The molecule has 1 aliphatic rings. The van der Waals surface area contributed by atoms with Gasteiger partial charge in [0.15, 0.2) is 5.78 Å². The second-order valence-corrected chi connectivity index (χ2v) is 8.30. The first-order valence-corrected chi connectivity index (χ1v) is 10.7. The zero-order valence-electron chi connectivity index (χ0n) is 17.7. The molecule has 1 aliphatic heterocycles. The minimum Gasteiger partial charge on any atom is -0.299 e. The smallest absolute Gasteiger partial charge is 0.168 e. The maximum Gasteiger partial charge on any atom is 0.168 e. The normalized spacial score (nSPS) is 14.4. The van der Waals surface area contributed by atoms with Gasteiger partial charge in [0.05, 0.1) is 23.8 Å². The summed E-state index contributed by atoms with van der Waals surface area (Å²) in [4.78, 5) is 15.4. The van der Waals surface area contributed by atoms with Gasteiger partial charge in [0.1, 0.15) is 0 Å². The molecule has 0 bridgehead atoms. The van der Waals surface area contributed by atoms with E-state index in [0.717, 1.165) is 47.2 Å². The Kier molecular flexibility index (Phi) is 5.30. The van der Waals surface area contributed by atoms with Gasteiger partial charge in [0.25, 0.3) is 0 Å². The number of fused-ring (bicyclic) bond motifs is 1. The lowest BCUT2D eigenvalue weighted by Crippen LogP contribution is -2.18. The molecule has 0 N–H and O–H groups in total. The maximum absolute atomic E-state index is 12.9. The highest BCUT2D eigenvalue weighted by atomic mass is 16.1. The number of aromatic nitrogens is 4. The molecule has 2 aromatic heterocycles. The van der Waals surface area contributed by atoms with Crippen molar-refractivity contribution in [1.29, 1.82) is 0 Å². The van der Waals surface area contributed by atoms with Crippen LogP contribution < -0.4 is 0 Å². The number of Topliss-reactive ketones (excluding diaryl/α,β-unsaturated/α-hetero) is 1. The molecular formula is C25H25N5O. The van der Waals surface area contributed by atoms with E-state index in [0.29, 0.717) is 5.69 Å². The molecule has 1 fully saturated rings. The van der Waals surface area contributed by atoms with E-state index in [2.05, 4.69) is 32.3 Å². The lowest BCUT2D eigenvalue weighted by molar-refractivity contribution is 0.0991. The molecule has 156 valence electrons. The Morgan fingerprint density at radius 2 is 1.87 bits per heavy atom. The monoisotopic (exact) mass is 411 g/mol. The maximum atomic E-state index is 12.9. The molecule has 4 aromatic rings. The molecular weight excluding hydrogens is 386 g/mol. The highest BCUT2D eigenvalue weighted by Crippen LogP contribution is 2.23. The number of nitrogens with zero attached hydrogens (tertiary/aromatic N) is 5. The standard InChI is InChI=1S/C25H25N5O/c1-29-17-22(15-26-29)19-7-8-24-21(12-19)13-23(27-28-24)14-25(31)20-6-4-5-18(11-20)16-30-9-2-3-10-30/h4-8,11-13,15,17H,2-3,9-10,14,16H2,1H3. The van der Waals surface area contributed by atoms with Crippen molar-refractivity contribution in [2.45, 2.75) is 25.8 Å². The predicted octanol–water partition coefficient (Wildman–Crippen LogP) is 4.05. The summed E-state index contributed by atoms with van der Waals surface area (Å²) in [6, 6.07) is 16.0. The minimum atomic E-state index is 0.0698. The molecule has 6 nitrogen and oxygen atoms in total. The highest BCUT2D eigenvalue weighted by molar-refractivity contribution is 5.97. The molecule has 5 rings (SSSR count). The van der Waals surface area contributed by atoms with Crippen LogP contribution in [0.25, 0.3) is 22.0 Å². The van der Waals surface area contributed by atoms with Crippen molar-refractivity contribution in [2.24, 2.45) is 7.05 Å². The zero-order chi connectivity index (χ0) is 21.2. The van der Waals surface area contributed by atoms with Gasteiger partial charge in [0, 0.05) is 36.3 Å². The molecule has 0 saturated carbocycles. The first-order valence-electron chi connectivity index (χ1n) is 10.7. The Labute approximate surface area is 181 Å². The first kappa shape index (κ1) is 19.6. The van der Waals surface area contributed by atoms with Crippen molar-refractivity contribution in [1.82, 2.24) is 24.9 Å². The van der Waals surface area contributed by atoms with Gasteiger partial charge >= 0.3 is 0 Å². The minimum absolute atomic E-state index is 0.0698. The van der Waals surface area contributed by atoms with E-state index in [4.69, 9.17) is 0 Å². The van der Waals surface area contributed by atoms with E-state index in [-0.39, 0.29) is 12.2 Å². The average molecular weight is 412 g/mol. The fourth-order valence-corrected chi connectivity index (χ4v) is 4.23. The Hall–Kier alpha value is -3.38. The third-order valence-electron chi connectivity index (χ3n) is 5.87. The van der Waals surface area contributed by atoms with Crippen LogP contribution in [0.4, 0.5) is 0 Å². The lowest BCUT2D eigenvalue weighted by Gasteiger charge is -2.15. The summed E-state index contributed by atoms with van der Waals surface area (Å²) in [5, 5.41) is 13.8. The van der Waals surface area contributed by atoms with Crippen molar-refractivity contribution >= 4 is 16.7 Å². The molecule has 0 amide bonds. The SMILES string of the molecule is Cn1cc(-c2ccc3nnc(CC(=O)c4cccc(CN5CCCC5)c4)cc3c2)cn1. The quantitative estimate of drug-likeness (QED) is 0.448. The second-order valence-electron chi connectivity index (χ2n) is 8.30. The topological polar surface area (TPSA) is 63.9 Å². The molecule has 0 spiro atoms. The molecule has 3 heterocycles. The summed E-state index contributed by atoms with van der Waals surface area (Å²) in [6.45, 7) is 3.20. The number of hydrogen-bond donors (Lipinski definition) is 0. The summed E-state index contributed by atoms with van der Waals surface area (Å²) < 4.78 is 1.78. The molecule has 0 radical (unpaired) electrons. The Morgan fingerprint density at radius 3 is 2.68 bits per heavy atom. The molecule has 0 aliphatic carbocycles. The predicted molar refractivity (Wildman–Crippen MR) is 121 cm³/mol. The summed E-state index contributed by atoms with van der Waals surface area (Å²) in [5.41, 5.74) is 5.55.